The van der Waals surface area contributed by atoms with Crippen LogP contribution in [0.3, 0.4) is 0 Å². The number of amides is 1. The fraction of sp³-hybridized carbons (Fsp3) is 0.889. The molecule has 1 aliphatic carbocycles. The van der Waals surface area contributed by atoms with E-state index >= 15 is 0 Å². The second kappa shape index (κ2) is 6.75. The van der Waals surface area contributed by atoms with Gasteiger partial charge >= 0.3 is 0 Å². The Bertz CT molecular complexity index is 171. The van der Waals surface area contributed by atoms with Crippen molar-refractivity contribution in [2.24, 2.45) is 0 Å². The van der Waals surface area contributed by atoms with Gasteiger partial charge in [-0.15, -0.1) is 0 Å². The van der Waals surface area contributed by atoms with Crippen molar-refractivity contribution < 1.29 is 14.4 Å². The van der Waals surface area contributed by atoms with Crippen LogP contribution in [0.4, 0.5) is 0 Å². The van der Waals surface area contributed by atoms with Gasteiger partial charge in [-0.05, 0) is 12.8 Å². The second-order valence-corrected chi connectivity index (χ2v) is 3.34. The maximum absolute atomic E-state index is 11.1. The summed E-state index contributed by atoms with van der Waals surface area (Å²) >= 11 is 0. The molecule has 1 amide bonds. The smallest absolute Gasteiger partial charge is 0.244 e. The lowest BCUT2D eigenvalue weighted by atomic mass is 10.4. The van der Waals surface area contributed by atoms with Crippen LogP contribution in [0, 0.1) is 0 Å². The first-order valence-electron chi connectivity index (χ1n) is 4.96. The predicted octanol–water partition coefficient (Wildman–Crippen LogP) is -0.177. The monoisotopic (exact) mass is 202 g/mol. The van der Waals surface area contributed by atoms with Crippen LogP contribution in [-0.2, 0) is 14.4 Å². The van der Waals surface area contributed by atoms with Crippen molar-refractivity contribution in [3.8, 4) is 0 Å². The summed E-state index contributed by atoms with van der Waals surface area (Å²) in [7, 11) is 1.59. The summed E-state index contributed by atoms with van der Waals surface area (Å²) in [5.41, 5.74) is 2.35. The van der Waals surface area contributed by atoms with E-state index in [1.165, 1.54) is 12.8 Å². The summed E-state index contributed by atoms with van der Waals surface area (Å²) in [5.74, 6) is -0.0887. The molecule has 0 aromatic rings. The van der Waals surface area contributed by atoms with Gasteiger partial charge in [-0.1, -0.05) is 0 Å². The van der Waals surface area contributed by atoms with Crippen LogP contribution >= 0.6 is 0 Å². The van der Waals surface area contributed by atoms with E-state index < -0.39 is 0 Å². The summed E-state index contributed by atoms with van der Waals surface area (Å²) in [6.07, 6.45) is 2.95. The minimum atomic E-state index is -0.0887. The fourth-order valence-corrected chi connectivity index (χ4v) is 0.985. The SMILES string of the molecule is COCCONC(=O)CCNC1CC1. The first kappa shape index (κ1) is 11.4. The predicted molar refractivity (Wildman–Crippen MR) is 51.6 cm³/mol. The van der Waals surface area contributed by atoms with Crippen molar-refractivity contribution in [1.29, 1.82) is 0 Å². The molecule has 0 radical (unpaired) electrons. The van der Waals surface area contributed by atoms with Crippen LogP contribution in [0.25, 0.3) is 0 Å². The van der Waals surface area contributed by atoms with Gasteiger partial charge in [-0.25, -0.2) is 5.48 Å². The Labute approximate surface area is 84.1 Å². The average Bonchev–Trinajstić information content (AvgIpc) is 2.96. The molecule has 0 spiro atoms. The molecule has 1 fully saturated rings. The Balaban J connectivity index is 1.82. The number of methoxy groups -OCH3 is 1. The molecule has 1 saturated carbocycles. The molecule has 0 aromatic heterocycles. The molecule has 1 rings (SSSR count). The van der Waals surface area contributed by atoms with Crippen molar-refractivity contribution in [3.63, 3.8) is 0 Å². The minimum absolute atomic E-state index is 0.0887. The zero-order valence-corrected chi connectivity index (χ0v) is 8.54. The number of carbonyl (C=O) groups is 1. The maximum atomic E-state index is 11.1. The van der Waals surface area contributed by atoms with Gasteiger partial charge in [0.05, 0.1) is 13.2 Å². The molecule has 0 heterocycles. The molecule has 14 heavy (non-hydrogen) atoms. The highest BCUT2D eigenvalue weighted by Crippen LogP contribution is 2.18. The highest BCUT2D eigenvalue weighted by atomic mass is 16.7. The number of hydroxylamine groups is 1. The average molecular weight is 202 g/mol. The van der Waals surface area contributed by atoms with Crippen molar-refractivity contribution in [3.05, 3.63) is 0 Å². The zero-order chi connectivity index (χ0) is 10.2. The zero-order valence-electron chi connectivity index (χ0n) is 8.54. The number of hydrogen-bond acceptors (Lipinski definition) is 4. The normalized spacial score (nSPS) is 15.5. The van der Waals surface area contributed by atoms with Crippen LogP contribution in [0.15, 0.2) is 0 Å². The van der Waals surface area contributed by atoms with E-state index in [9.17, 15) is 4.79 Å². The molecule has 0 aromatic carbocycles. The lowest BCUT2D eigenvalue weighted by Gasteiger charge is -2.05. The second-order valence-electron chi connectivity index (χ2n) is 3.34. The Morgan fingerprint density at radius 3 is 2.86 bits per heavy atom. The highest BCUT2D eigenvalue weighted by molar-refractivity contribution is 5.74. The Morgan fingerprint density at radius 2 is 2.21 bits per heavy atom. The third kappa shape index (κ3) is 5.90. The highest BCUT2D eigenvalue weighted by Gasteiger charge is 2.19. The standard InChI is InChI=1S/C9H18N2O3/c1-13-6-7-14-11-9(12)4-5-10-8-2-3-8/h8,10H,2-7H2,1H3,(H,11,12). The van der Waals surface area contributed by atoms with Gasteiger partial charge in [-0.3, -0.25) is 9.63 Å². The van der Waals surface area contributed by atoms with E-state index in [-0.39, 0.29) is 5.91 Å². The van der Waals surface area contributed by atoms with E-state index in [0.717, 1.165) is 6.54 Å². The Morgan fingerprint density at radius 1 is 1.43 bits per heavy atom. The van der Waals surface area contributed by atoms with Crippen LogP contribution in [-0.4, -0.2) is 38.8 Å². The molecule has 2 N–H and O–H groups in total. The molecular formula is C9H18N2O3. The van der Waals surface area contributed by atoms with E-state index in [1.807, 2.05) is 0 Å². The summed E-state index contributed by atoms with van der Waals surface area (Å²) in [5, 5.41) is 3.25. The third-order valence-electron chi connectivity index (χ3n) is 1.94. The fourth-order valence-electron chi connectivity index (χ4n) is 0.985. The van der Waals surface area contributed by atoms with Gasteiger partial charge in [0.2, 0.25) is 5.91 Å². The molecular weight excluding hydrogens is 184 g/mol. The van der Waals surface area contributed by atoms with Crippen molar-refractivity contribution in [1.82, 2.24) is 10.8 Å². The van der Waals surface area contributed by atoms with E-state index in [1.54, 1.807) is 7.11 Å². The van der Waals surface area contributed by atoms with Crippen molar-refractivity contribution in [2.45, 2.75) is 25.3 Å². The van der Waals surface area contributed by atoms with Gasteiger partial charge in [0.15, 0.2) is 0 Å². The van der Waals surface area contributed by atoms with E-state index in [0.29, 0.717) is 25.7 Å². The largest absolute Gasteiger partial charge is 0.382 e. The molecule has 5 heteroatoms. The Kier molecular flexibility index (Phi) is 5.51. The number of ether oxygens (including phenoxy) is 1. The summed E-state index contributed by atoms with van der Waals surface area (Å²) in [6.45, 7) is 1.60. The molecule has 0 unspecified atom stereocenters. The summed E-state index contributed by atoms with van der Waals surface area (Å²) in [6, 6.07) is 0.650. The van der Waals surface area contributed by atoms with Crippen LogP contribution < -0.4 is 10.8 Å². The van der Waals surface area contributed by atoms with Crippen LogP contribution in [0.1, 0.15) is 19.3 Å². The maximum Gasteiger partial charge on any atom is 0.244 e. The van der Waals surface area contributed by atoms with Gasteiger partial charge in [0, 0.05) is 26.1 Å². The number of nitrogens with one attached hydrogen (secondary N) is 2. The minimum Gasteiger partial charge on any atom is -0.382 e. The van der Waals surface area contributed by atoms with Gasteiger partial charge < -0.3 is 10.1 Å². The lowest BCUT2D eigenvalue weighted by molar-refractivity contribution is -0.134. The Hall–Kier alpha value is -0.650. The van der Waals surface area contributed by atoms with Crippen molar-refractivity contribution in [2.75, 3.05) is 26.9 Å². The quantitative estimate of drug-likeness (QED) is 0.423. The number of carbonyl (C=O) groups excluding carboxylic acids is 1. The van der Waals surface area contributed by atoms with E-state index in [4.69, 9.17) is 9.57 Å². The number of rotatable bonds is 8. The van der Waals surface area contributed by atoms with Crippen molar-refractivity contribution >= 4 is 5.91 Å². The molecule has 0 saturated heterocycles. The third-order valence-corrected chi connectivity index (χ3v) is 1.94. The topological polar surface area (TPSA) is 59.6 Å². The molecule has 0 bridgehead atoms. The molecule has 5 nitrogen and oxygen atoms in total. The van der Waals surface area contributed by atoms with Crippen LogP contribution in [0.2, 0.25) is 0 Å². The van der Waals surface area contributed by atoms with E-state index in [2.05, 4.69) is 10.8 Å². The molecule has 1 aliphatic rings. The first-order chi connectivity index (χ1) is 6.83. The van der Waals surface area contributed by atoms with Crippen LogP contribution in [0.5, 0.6) is 0 Å². The molecule has 82 valence electrons. The first-order valence-corrected chi connectivity index (χ1v) is 4.96. The van der Waals surface area contributed by atoms with Gasteiger partial charge in [-0.2, -0.15) is 0 Å². The molecule has 0 atom stereocenters. The lowest BCUT2D eigenvalue weighted by Crippen LogP contribution is -2.29. The summed E-state index contributed by atoms with van der Waals surface area (Å²) < 4.78 is 4.76. The summed E-state index contributed by atoms with van der Waals surface area (Å²) in [4.78, 5) is 15.9. The van der Waals surface area contributed by atoms with Gasteiger partial charge in [0.1, 0.15) is 0 Å². The molecule has 0 aliphatic heterocycles. The van der Waals surface area contributed by atoms with Gasteiger partial charge in [0.25, 0.3) is 0 Å². The number of hydrogen-bond donors (Lipinski definition) is 2.